The Kier molecular flexibility index (Phi) is 4.76. The maximum absolute atomic E-state index is 4.74. The molecule has 1 N–H and O–H groups in total. The molecule has 0 spiro atoms. The van der Waals surface area contributed by atoms with Crippen molar-refractivity contribution >= 4 is 5.82 Å². The summed E-state index contributed by atoms with van der Waals surface area (Å²) in [6.07, 6.45) is 5.88. The maximum Gasteiger partial charge on any atom is 0.133 e. The number of piperazine rings is 1. The monoisotopic (exact) mass is 288 g/mol. The summed E-state index contributed by atoms with van der Waals surface area (Å²) in [7, 11) is 0. The highest BCUT2D eigenvalue weighted by Crippen LogP contribution is 2.36. The minimum Gasteiger partial charge on any atom is -0.354 e. The Morgan fingerprint density at radius 2 is 2.00 bits per heavy atom. The molecule has 3 heterocycles. The van der Waals surface area contributed by atoms with Gasteiger partial charge in [0.15, 0.2) is 0 Å². The number of nitrogens with zero attached hydrogens (tertiary/aromatic N) is 3. The average molecular weight is 288 g/mol. The van der Waals surface area contributed by atoms with Crippen LogP contribution in [-0.2, 0) is 0 Å². The highest BCUT2D eigenvalue weighted by Gasteiger charge is 2.29. The lowest BCUT2D eigenvalue weighted by atomic mass is 9.94. The molecule has 2 aliphatic rings. The zero-order valence-electron chi connectivity index (χ0n) is 13.4. The number of rotatable bonds is 3. The number of hydrogen-bond acceptors (Lipinski definition) is 4. The van der Waals surface area contributed by atoms with Crippen molar-refractivity contribution in [1.82, 2.24) is 15.2 Å². The van der Waals surface area contributed by atoms with Crippen LogP contribution in [0.15, 0.2) is 18.3 Å². The Balaban J connectivity index is 1.89. The van der Waals surface area contributed by atoms with E-state index in [9.17, 15) is 0 Å². The predicted octanol–water partition coefficient (Wildman–Crippen LogP) is 2.43. The van der Waals surface area contributed by atoms with Crippen LogP contribution in [0.4, 0.5) is 5.82 Å². The standard InChI is InChI=1S/C17H28N4/c1-14(2)21-11-4-3-7-16(21)15-6-5-8-19-17(15)20-12-9-18-10-13-20/h5-6,8,14,16,18H,3-4,7,9-13H2,1-2H3. The van der Waals surface area contributed by atoms with Crippen molar-refractivity contribution in [2.75, 3.05) is 37.6 Å². The van der Waals surface area contributed by atoms with Gasteiger partial charge >= 0.3 is 0 Å². The zero-order valence-corrected chi connectivity index (χ0v) is 13.4. The zero-order chi connectivity index (χ0) is 14.7. The van der Waals surface area contributed by atoms with Crippen molar-refractivity contribution in [3.8, 4) is 0 Å². The fourth-order valence-corrected chi connectivity index (χ4v) is 3.72. The van der Waals surface area contributed by atoms with Crippen LogP contribution in [0.5, 0.6) is 0 Å². The first kappa shape index (κ1) is 14.8. The molecule has 0 saturated carbocycles. The van der Waals surface area contributed by atoms with E-state index in [1.807, 2.05) is 6.20 Å². The van der Waals surface area contributed by atoms with Crippen LogP contribution in [0.2, 0.25) is 0 Å². The van der Waals surface area contributed by atoms with Gasteiger partial charge in [0.05, 0.1) is 0 Å². The van der Waals surface area contributed by atoms with Crippen LogP contribution in [-0.4, -0.2) is 48.6 Å². The van der Waals surface area contributed by atoms with Gasteiger partial charge in [-0.3, -0.25) is 4.90 Å². The molecule has 0 aromatic carbocycles. The lowest BCUT2D eigenvalue weighted by Crippen LogP contribution is -2.45. The molecule has 4 nitrogen and oxygen atoms in total. The van der Waals surface area contributed by atoms with Crippen molar-refractivity contribution in [2.24, 2.45) is 0 Å². The highest BCUT2D eigenvalue weighted by atomic mass is 15.2. The summed E-state index contributed by atoms with van der Waals surface area (Å²) in [6, 6.07) is 5.55. The Morgan fingerprint density at radius 3 is 2.76 bits per heavy atom. The first-order valence-electron chi connectivity index (χ1n) is 8.43. The minimum atomic E-state index is 0.539. The smallest absolute Gasteiger partial charge is 0.133 e. The molecule has 1 unspecified atom stereocenters. The Bertz CT molecular complexity index is 454. The summed E-state index contributed by atoms with van der Waals surface area (Å²) in [5.74, 6) is 1.22. The number of anilines is 1. The van der Waals surface area contributed by atoms with Crippen LogP contribution in [0.3, 0.4) is 0 Å². The van der Waals surface area contributed by atoms with E-state index < -0.39 is 0 Å². The first-order valence-corrected chi connectivity index (χ1v) is 8.43. The summed E-state index contributed by atoms with van der Waals surface area (Å²) in [5.41, 5.74) is 1.44. The second-order valence-corrected chi connectivity index (χ2v) is 6.50. The molecule has 0 amide bonds. The number of hydrogen-bond donors (Lipinski definition) is 1. The van der Waals surface area contributed by atoms with Crippen molar-refractivity contribution in [3.05, 3.63) is 23.9 Å². The molecule has 2 aliphatic heterocycles. The number of likely N-dealkylation sites (tertiary alicyclic amines) is 1. The quantitative estimate of drug-likeness (QED) is 0.925. The number of piperidine rings is 1. The van der Waals surface area contributed by atoms with Crippen LogP contribution >= 0.6 is 0 Å². The van der Waals surface area contributed by atoms with E-state index in [0.29, 0.717) is 12.1 Å². The molecule has 1 aromatic heterocycles. The molecule has 2 saturated heterocycles. The summed E-state index contributed by atoms with van der Waals surface area (Å²) in [5, 5.41) is 3.43. The van der Waals surface area contributed by atoms with Gasteiger partial charge in [-0.15, -0.1) is 0 Å². The second kappa shape index (κ2) is 6.75. The van der Waals surface area contributed by atoms with E-state index in [1.165, 1.54) is 37.2 Å². The molecule has 0 bridgehead atoms. The summed E-state index contributed by atoms with van der Waals surface area (Å²) >= 11 is 0. The molecular weight excluding hydrogens is 260 g/mol. The van der Waals surface area contributed by atoms with E-state index in [0.717, 1.165) is 26.2 Å². The van der Waals surface area contributed by atoms with Gasteiger partial charge < -0.3 is 10.2 Å². The Morgan fingerprint density at radius 1 is 1.19 bits per heavy atom. The fraction of sp³-hybridized carbons (Fsp3) is 0.706. The Hall–Kier alpha value is -1.13. The second-order valence-electron chi connectivity index (χ2n) is 6.50. The van der Waals surface area contributed by atoms with Gasteiger partial charge in [-0.1, -0.05) is 12.5 Å². The molecule has 1 atom stereocenters. The number of aromatic nitrogens is 1. The van der Waals surface area contributed by atoms with Crippen molar-refractivity contribution in [3.63, 3.8) is 0 Å². The average Bonchev–Trinajstić information content (AvgIpc) is 2.55. The third-order valence-corrected chi connectivity index (χ3v) is 4.80. The van der Waals surface area contributed by atoms with Crippen LogP contribution < -0.4 is 10.2 Å². The van der Waals surface area contributed by atoms with Gasteiger partial charge in [0.25, 0.3) is 0 Å². The highest BCUT2D eigenvalue weighted by molar-refractivity contribution is 5.49. The van der Waals surface area contributed by atoms with Crippen molar-refractivity contribution in [2.45, 2.75) is 45.2 Å². The van der Waals surface area contributed by atoms with Gasteiger partial charge in [0.1, 0.15) is 5.82 Å². The normalized spacial score (nSPS) is 24.5. The molecule has 116 valence electrons. The minimum absolute atomic E-state index is 0.539. The van der Waals surface area contributed by atoms with Crippen molar-refractivity contribution in [1.29, 1.82) is 0 Å². The van der Waals surface area contributed by atoms with Gasteiger partial charge in [0, 0.05) is 50.0 Å². The number of nitrogens with one attached hydrogen (secondary N) is 1. The third-order valence-electron chi connectivity index (χ3n) is 4.80. The Labute approximate surface area is 128 Å². The number of pyridine rings is 1. The summed E-state index contributed by atoms with van der Waals surface area (Å²) in [6.45, 7) is 10.1. The molecule has 2 fully saturated rings. The molecular formula is C17H28N4. The van der Waals surface area contributed by atoms with Gasteiger partial charge in [-0.2, -0.15) is 0 Å². The van der Waals surface area contributed by atoms with E-state index in [2.05, 4.69) is 41.1 Å². The summed E-state index contributed by atoms with van der Waals surface area (Å²) < 4.78 is 0. The lowest BCUT2D eigenvalue weighted by molar-refractivity contribution is 0.112. The first-order chi connectivity index (χ1) is 10.3. The van der Waals surface area contributed by atoms with Crippen LogP contribution in [0.1, 0.15) is 44.7 Å². The fourth-order valence-electron chi connectivity index (χ4n) is 3.72. The summed E-state index contributed by atoms with van der Waals surface area (Å²) in [4.78, 5) is 9.86. The van der Waals surface area contributed by atoms with Crippen molar-refractivity contribution < 1.29 is 0 Å². The third kappa shape index (κ3) is 3.22. The molecule has 4 heteroatoms. The van der Waals surface area contributed by atoms with Crippen LogP contribution in [0, 0.1) is 0 Å². The van der Waals surface area contributed by atoms with Gasteiger partial charge in [0.2, 0.25) is 0 Å². The van der Waals surface area contributed by atoms with Gasteiger partial charge in [-0.05, 0) is 39.3 Å². The molecule has 3 rings (SSSR count). The maximum atomic E-state index is 4.74. The molecule has 21 heavy (non-hydrogen) atoms. The topological polar surface area (TPSA) is 31.4 Å². The van der Waals surface area contributed by atoms with E-state index >= 15 is 0 Å². The van der Waals surface area contributed by atoms with E-state index in [4.69, 9.17) is 4.98 Å². The lowest BCUT2D eigenvalue weighted by Gasteiger charge is -2.41. The molecule has 0 aliphatic carbocycles. The van der Waals surface area contributed by atoms with Gasteiger partial charge in [-0.25, -0.2) is 4.98 Å². The molecule has 1 aromatic rings. The largest absolute Gasteiger partial charge is 0.354 e. The molecule has 0 radical (unpaired) electrons. The van der Waals surface area contributed by atoms with E-state index in [-0.39, 0.29) is 0 Å². The SMILES string of the molecule is CC(C)N1CCCCC1c1cccnc1N1CCNCC1. The van der Waals surface area contributed by atoms with Crippen LogP contribution in [0.25, 0.3) is 0 Å². The van der Waals surface area contributed by atoms with E-state index in [1.54, 1.807) is 0 Å². The predicted molar refractivity (Wildman–Crippen MR) is 87.8 cm³/mol.